The van der Waals surface area contributed by atoms with Crippen LogP contribution < -0.4 is 0 Å². The van der Waals surface area contributed by atoms with E-state index in [1.807, 2.05) is 39.8 Å². The fourth-order valence-electron chi connectivity index (χ4n) is 1.84. The Morgan fingerprint density at radius 3 is 2.06 bits per heavy atom. The molecule has 18 heavy (non-hydrogen) atoms. The molecule has 94 valence electrons. The van der Waals surface area contributed by atoms with Gasteiger partial charge in [-0.25, -0.2) is 9.59 Å². The van der Waals surface area contributed by atoms with Gasteiger partial charge in [-0.1, -0.05) is 39.8 Å². The van der Waals surface area contributed by atoms with Crippen LogP contribution in [0.1, 0.15) is 38.8 Å². The zero-order valence-electron chi connectivity index (χ0n) is 11.1. The van der Waals surface area contributed by atoms with Gasteiger partial charge in [-0.2, -0.15) is 9.98 Å². The average Bonchev–Trinajstić information content (AvgIpc) is 2.30. The zero-order chi connectivity index (χ0) is 13.8. The normalized spacial score (nSPS) is 10.4. The first kappa shape index (κ1) is 14.0. The number of hydrogen-bond donors (Lipinski definition) is 0. The number of isocyanates is 2. The maximum Gasteiger partial charge on any atom is 0.240 e. The van der Waals surface area contributed by atoms with Gasteiger partial charge in [-0.05, 0) is 23.0 Å². The van der Waals surface area contributed by atoms with E-state index < -0.39 is 0 Å². The molecular weight excluding hydrogens is 228 g/mol. The highest BCUT2D eigenvalue weighted by Crippen LogP contribution is 2.40. The van der Waals surface area contributed by atoms with Gasteiger partial charge in [0.2, 0.25) is 12.2 Å². The molecule has 0 aromatic heterocycles. The lowest BCUT2D eigenvalue weighted by Gasteiger charge is -2.22. The van der Waals surface area contributed by atoms with Gasteiger partial charge in [0.15, 0.2) is 0 Å². The molecule has 0 aliphatic carbocycles. The second-order valence-electron chi connectivity index (χ2n) is 4.98. The van der Waals surface area contributed by atoms with Crippen LogP contribution in [0.25, 0.3) is 0 Å². The Morgan fingerprint density at radius 1 is 1.06 bits per heavy atom. The Labute approximate surface area is 106 Å². The molecule has 0 radical (unpaired) electrons. The number of benzene rings is 1. The number of rotatable bonds is 3. The van der Waals surface area contributed by atoms with E-state index in [-0.39, 0.29) is 5.41 Å². The van der Waals surface area contributed by atoms with Crippen LogP contribution in [0.4, 0.5) is 11.4 Å². The van der Waals surface area contributed by atoms with Gasteiger partial charge in [0.25, 0.3) is 0 Å². The van der Waals surface area contributed by atoms with E-state index in [0.29, 0.717) is 17.8 Å². The molecular formula is C14H16N2O2. The van der Waals surface area contributed by atoms with E-state index in [9.17, 15) is 9.59 Å². The molecule has 0 amide bonds. The van der Waals surface area contributed by atoms with Crippen molar-refractivity contribution in [2.24, 2.45) is 9.98 Å². The molecule has 1 rings (SSSR count). The lowest BCUT2D eigenvalue weighted by molar-refractivity contribution is 0.563. The summed E-state index contributed by atoms with van der Waals surface area (Å²) in [5, 5.41) is 0. The highest BCUT2D eigenvalue weighted by Gasteiger charge is 2.21. The van der Waals surface area contributed by atoms with Crippen LogP contribution in [0.15, 0.2) is 22.1 Å². The predicted molar refractivity (Wildman–Crippen MR) is 70.1 cm³/mol. The Bertz CT molecular complexity index is 544. The number of carbonyl (C=O) groups excluding carboxylic acids is 2. The van der Waals surface area contributed by atoms with Crippen molar-refractivity contribution in [3.8, 4) is 0 Å². The summed E-state index contributed by atoms with van der Waals surface area (Å²) in [5.74, 6) is 0. The molecule has 0 unspecified atom stereocenters. The van der Waals surface area contributed by atoms with Crippen LogP contribution in [0, 0.1) is 0 Å². The summed E-state index contributed by atoms with van der Waals surface area (Å²) < 4.78 is 0. The maximum absolute atomic E-state index is 10.6. The highest BCUT2D eigenvalue weighted by molar-refractivity contribution is 5.75. The number of aryl methyl sites for hydroxylation is 1. The van der Waals surface area contributed by atoms with E-state index in [2.05, 4.69) is 9.98 Å². The fraction of sp³-hybridized carbons (Fsp3) is 0.429. The maximum atomic E-state index is 10.6. The van der Waals surface area contributed by atoms with E-state index in [0.717, 1.165) is 11.1 Å². The molecule has 1 aromatic carbocycles. The first-order valence-corrected chi connectivity index (χ1v) is 5.77. The Balaban J connectivity index is 3.72. The monoisotopic (exact) mass is 244 g/mol. The summed E-state index contributed by atoms with van der Waals surface area (Å²) in [6.07, 6.45) is 3.75. The largest absolute Gasteiger partial charge is 0.240 e. The summed E-state index contributed by atoms with van der Waals surface area (Å²) in [6.45, 7) is 7.97. The quantitative estimate of drug-likeness (QED) is 0.603. The van der Waals surface area contributed by atoms with Gasteiger partial charge < -0.3 is 0 Å². The van der Waals surface area contributed by atoms with Crippen LogP contribution >= 0.6 is 0 Å². The summed E-state index contributed by atoms with van der Waals surface area (Å²) in [5.41, 5.74) is 2.36. The molecule has 0 saturated heterocycles. The first-order valence-electron chi connectivity index (χ1n) is 5.77. The van der Waals surface area contributed by atoms with Crippen molar-refractivity contribution in [1.82, 2.24) is 0 Å². The van der Waals surface area contributed by atoms with Gasteiger partial charge >= 0.3 is 0 Å². The minimum atomic E-state index is -0.199. The minimum absolute atomic E-state index is 0.199. The third-order valence-electron chi connectivity index (χ3n) is 2.74. The molecule has 0 saturated carbocycles. The lowest BCUT2D eigenvalue weighted by Crippen LogP contribution is -2.11. The van der Waals surface area contributed by atoms with Crippen molar-refractivity contribution in [3.05, 3.63) is 23.3 Å². The van der Waals surface area contributed by atoms with Crippen molar-refractivity contribution in [2.45, 2.75) is 39.5 Å². The average molecular weight is 244 g/mol. The third-order valence-corrected chi connectivity index (χ3v) is 2.74. The number of aliphatic imine (C=N–C) groups is 2. The van der Waals surface area contributed by atoms with Gasteiger partial charge in [0, 0.05) is 0 Å². The molecule has 1 aromatic rings. The molecule has 0 spiro atoms. The second-order valence-corrected chi connectivity index (χ2v) is 4.98. The van der Waals surface area contributed by atoms with Gasteiger partial charge in [-0.15, -0.1) is 0 Å². The van der Waals surface area contributed by atoms with Gasteiger partial charge in [0.05, 0.1) is 0 Å². The highest BCUT2D eigenvalue weighted by atomic mass is 16.1. The lowest BCUT2D eigenvalue weighted by atomic mass is 9.84. The Morgan fingerprint density at radius 2 is 1.61 bits per heavy atom. The number of hydrogen-bond acceptors (Lipinski definition) is 4. The molecule has 0 atom stereocenters. The second kappa shape index (κ2) is 5.54. The van der Waals surface area contributed by atoms with Crippen LogP contribution in [-0.2, 0) is 21.4 Å². The Kier molecular flexibility index (Phi) is 4.33. The zero-order valence-corrected chi connectivity index (χ0v) is 11.1. The van der Waals surface area contributed by atoms with Crippen LogP contribution in [0.5, 0.6) is 0 Å². The molecule has 0 bridgehead atoms. The molecule has 0 aliphatic heterocycles. The van der Waals surface area contributed by atoms with E-state index in [1.54, 1.807) is 0 Å². The van der Waals surface area contributed by atoms with Gasteiger partial charge in [-0.3, -0.25) is 0 Å². The Hall–Kier alpha value is -2.02. The minimum Gasteiger partial charge on any atom is -0.211 e. The number of nitrogens with zero attached hydrogens (tertiary/aromatic N) is 2. The van der Waals surface area contributed by atoms with E-state index in [4.69, 9.17) is 0 Å². The fourth-order valence-corrected chi connectivity index (χ4v) is 1.84. The third kappa shape index (κ3) is 2.80. The molecule has 0 N–H and O–H groups in total. The van der Waals surface area contributed by atoms with Crippen molar-refractivity contribution in [2.75, 3.05) is 0 Å². The summed E-state index contributed by atoms with van der Waals surface area (Å²) in [6, 6.07) is 3.82. The van der Waals surface area contributed by atoms with Crippen LogP contribution in [0.2, 0.25) is 0 Å². The van der Waals surface area contributed by atoms with E-state index >= 15 is 0 Å². The standard InChI is InChI=1S/C14H16N2O2/c1-5-10-6-7-11(14(2,3)4)13(16-9-18)12(10)15-8-17/h6-7H,5H2,1-4H3. The van der Waals surface area contributed by atoms with Crippen molar-refractivity contribution in [3.63, 3.8) is 0 Å². The van der Waals surface area contributed by atoms with Crippen LogP contribution in [0.3, 0.4) is 0 Å². The first-order chi connectivity index (χ1) is 8.45. The summed E-state index contributed by atoms with van der Waals surface area (Å²) >= 11 is 0. The van der Waals surface area contributed by atoms with Crippen molar-refractivity contribution in [1.29, 1.82) is 0 Å². The molecule has 0 fully saturated rings. The van der Waals surface area contributed by atoms with Crippen molar-refractivity contribution < 1.29 is 9.59 Å². The molecule has 0 heterocycles. The summed E-state index contributed by atoms with van der Waals surface area (Å²) in [4.78, 5) is 28.5. The molecule has 4 nitrogen and oxygen atoms in total. The van der Waals surface area contributed by atoms with Gasteiger partial charge in [0.1, 0.15) is 11.4 Å². The SMILES string of the molecule is CCc1ccc(C(C)(C)C)c(N=C=O)c1N=C=O. The molecule has 0 aliphatic rings. The van der Waals surface area contributed by atoms with Crippen molar-refractivity contribution >= 4 is 23.5 Å². The predicted octanol–water partition coefficient (Wildman–Crippen LogP) is 3.48. The summed E-state index contributed by atoms with van der Waals surface area (Å²) in [7, 11) is 0. The van der Waals surface area contributed by atoms with Crippen LogP contribution in [-0.4, -0.2) is 12.2 Å². The van der Waals surface area contributed by atoms with E-state index in [1.165, 1.54) is 12.2 Å². The topological polar surface area (TPSA) is 58.9 Å². The smallest absolute Gasteiger partial charge is 0.211 e. The molecule has 4 heteroatoms.